The summed E-state index contributed by atoms with van der Waals surface area (Å²) in [6.45, 7) is 6.93. The highest BCUT2D eigenvalue weighted by molar-refractivity contribution is 5.14. The molecule has 0 amide bonds. The number of pyridine rings is 1. The summed E-state index contributed by atoms with van der Waals surface area (Å²) in [5, 5.41) is 0. The van der Waals surface area contributed by atoms with Crippen molar-refractivity contribution in [2.45, 2.75) is 44.4 Å². The lowest BCUT2D eigenvalue weighted by Crippen LogP contribution is -2.67. The number of halogens is 1. The molecule has 0 N–H and O–H groups in total. The van der Waals surface area contributed by atoms with E-state index in [1.807, 2.05) is 0 Å². The SMILES string of the molecule is CC(C)N1CC2(C[C@@H](Oc3ncccc3F)CCO2)C1. The van der Waals surface area contributed by atoms with Crippen molar-refractivity contribution in [3.05, 3.63) is 24.1 Å². The van der Waals surface area contributed by atoms with Crippen LogP contribution in [0.3, 0.4) is 0 Å². The molecule has 2 aliphatic rings. The Morgan fingerprint density at radius 3 is 3.00 bits per heavy atom. The number of aromatic nitrogens is 1. The molecule has 110 valence electrons. The Hall–Kier alpha value is -1.20. The fourth-order valence-corrected chi connectivity index (χ4v) is 2.98. The van der Waals surface area contributed by atoms with Crippen LogP contribution in [0.2, 0.25) is 0 Å². The summed E-state index contributed by atoms with van der Waals surface area (Å²) < 4.78 is 25.2. The number of hydrogen-bond acceptors (Lipinski definition) is 4. The minimum atomic E-state index is -0.398. The summed E-state index contributed by atoms with van der Waals surface area (Å²) in [7, 11) is 0. The molecule has 20 heavy (non-hydrogen) atoms. The molecule has 1 aromatic rings. The van der Waals surface area contributed by atoms with Crippen LogP contribution < -0.4 is 4.74 Å². The van der Waals surface area contributed by atoms with Gasteiger partial charge < -0.3 is 9.47 Å². The number of nitrogens with zero attached hydrogens (tertiary/aromatic N) is 2. The van der Waals surface area contributed by atoms with Crippen molar-refractivity contribution in [3.63, 3.8) is 0 Å². The maximum Gasteiger partial charge on any atom is 0.250 e. The second kappa shape index (κ2) is 5.30. The van der Waals surface area contributed by atoms with Gasteiger partial charge in [0.2, 0.25) is 0 Å². The van der Waals surface area contributed by atoms with Crippen molar-refractivity contribution < 1.29 is 13.9 Å². The molecule has 0 aliphatic carbocycles. The zero-order chi connectivity index (χ0) is 14.2. The third-order valence-corrected chi connectivity index (χ3v) is 4.16. The van der Waals surface area contributed by atoms with Gasteiger partial charge in [0.1, 0.15) is 6.10 Å². The van der Waals surface area contributed by atoms with Gasteiger partial charge in [0.05, 0.1) is 12.2 Å². The molecule has 2 aliphatic heterocycles. The van der Waals surface area contributed by atoms with Crippen molar-refractivity contribution in [2.75, 3.05) is 19.7 Å². The lowest BCUT2D eigenvalue weighted by atomic mass is 9.84. The number of likely N-dealkylation sites (tertiary alicyclic amines) is 1. The average Bonchev–Trinajstić information content (AvgIpc) is 2.39. The van der Waals surface area contributed by atoms with Crippen molar-refractivity contribution in [1.29, 1.82) is 0 Å². The zero-order valence-electron chi connectivity index (χ0n) is 12.0. The van der Waals surface area contributed by atoms with E-state index in [1.54, 1.807) is 12.3 Å². The van der Waals surface area contributed by atoms with E-state index in [0.29, 0.717) is 12.6 Å². The molecule has 1 aromatic heterocycles. The molecule has 0 unspecified atom stereocenters. The molecule has 0 bridgehead atoms. The van der Waals surface area contributed by atoms with Crippen LogP contribution in [0, 0.1) is 5.82 Å². The first-order chi connectivity index (χ1) is 9.58. The van der Waals surface area contributed by atoms with Crippen molar-refractivity contribution >= 4 is 0 Å². The molecule has 2 saturated heterocycles. The Labute approximate surface area is 118 Å². The first-order valence-corrected chi connectivity index (χ1v) is 7.23. The van der Waals surface area contributed by atoms with Crippen LogP contribution in [0.25, 0.3) is 0 Å². The minimum absolute atomic E-state index is 0.0116. The predicted octanol–water partition coefficient (Wildman–Crippen LogP) is 2.24. The van der Waals surface area contributed by atoms with Crippen LogP contribution in [0.15, 0.2) is 18.3 Å². The highest BCUT2D eigenvalue weighted by Crippen LogP contribution is 2.36. The molecule has 3 heterocycles. The van der Waals surface area contributed by atoms with Gasteiger partial charge in [-0.1, -0.05) is 0 Å². The summed E-state index contributed by atoms with van der Waals surface area (Å²) in [5.74, 6) is -0.292. The number of rotatable bonds is 3. The molecule has 4 nitrogen and oxygen atoms in total. The normalized spacial score (nSPS) is 25.7. The number of ether oxygens (including phenoxy) is 2. The molecule has 0 saturated carbocycles. The van der Waals surface area contributed by atoms with Gasteiger partial charge in [0, 0.05) is 38.2 Å². The fraction of sp³-hybridized carbons (Fsp3) is 0.667. The molecular weight excluding hydrogens is 259 g/mol. The summed E-state index contributed by atoms with van der Waals surface area (Å²) >= 11 is 0. The molecule has 1 atom stereocenters. The van der Waals surface area contributed by atoms with Gasteiger partial charge in [-0.2, -0.15) is 0 Å². The number of hydrogen-bond donors (Lipinski definition) is 0. The first-order valence-electron chi connectivity index (χ1n) is 7.23. The van der Waals surface area contributed by atoms with Crippen LogP contribution in [0.5, 0.6) is 5.88 Å². The summed E-state index contributed by atoms with van der Waals surface area (Å²) in [4.78, 5) is 6.34. The van der Waals surface area contributed by atoms with Crippen LogP contribution in [-0.2, 0) is 4.74 Å². The standard InChI is InChI=1S/C15H21FN2O2/c1-11(2)18-9-15(10-18)8-12(5-7-19-15)20-14-13(16)4-3-6-17-14/h3-4,6,11-12H,5,7-10H2,1-2H3/t12-/m0/s1. The summed E-state index contributed by atoms with van der Waals surface area (Å²) in [6.07, 6.45) is 3.14. The van der Waals surface area contributed by atoms with E-state index in [9.17, 15) is 4.39 Å². The van der Waals surface area contributed by atoms with Crippen LogP contribution in [0.4, 0.5) is 4.39 Å². The fourth-order valence-electron chi connectivity index (χ4n) is 2.98. The second-order valence-corrected chi connectivity index (χ2v) is 6.05. The van der Waals surface area contributed by atoms with Gasteiger partial charge in [-0.05, 0) is 26.0 Å². The van der Waals surface area contributed by atoms with Gasteiger partial charge in [0.15, 0.2) is 5.82 Å². The molecule has 2 fully saturated rings. The summed E-state index contributed by atoms with van der Waals surface area (Å²) in [6, 6.07) is 3.49. The van der Waals surface area contributed by atoms with Crippen molar-refractivity contribution in [3.8, 4) is 5.88 Å². The largest absolute Gasteiger partial charge is 0.472 e. The monoisotopic (exact) mass is 280 g/mol. The topological polar surface area (TPSA) is 34.6 Å². The van der Waals surface area contributed by atoms with E-state index < -0.39 is 5.82 Å². The Morgan fingerprint density at radius 2 is 2.30 bits per heavy atom. The van der Waals surface area contributed by atoms with Crippen molar-refractivity contribution in [2.24, 2.45) is 0 Å². The maximum absolute atomic E-state index is 13.6. The van der Waals surface area contributed by atoms with Crippen molar-refractivity contribution in [1.82, 2.24) is 9.88 Å². The lowest BCUT2D eigenvalue weighted by molar-refractivity contribution is -0.192. The predicted molar refractivity (Wildman–Crippen MR) is 73.2 cm³/mol. The van der Waals surface area contributed by atoms with Gasteiger partial charge in [0.25, 0.3) is 5.88 Å². The van der Waals surface area contributed by atoms with E-state index in [4.69, 9.17) is 9.47 Å². The van der Waals surface area contributed by atoms with Gasteiger partial charge in [-0.3, -0.25) is 4.90 Å². The van der Waals surface area contributed by atoms with Gasteiger partial charge in [-0.15, -0.1) is 0 Å². The second-order valence-electron chi connectivity index (χ2n) is 6.05. The Morgan fingerprint density at radius 1 is 1.50 bits per heavy atom. The molecule has 0 aromatic carbocycles. The highest BCUT2D eigenvalue weighted by Gasteiger charge is 2.48. The van der Waals surface area contributed by atoms with Crippen LogP contribution in [0.1, 0.15) is 26.7 Å². The Bertz CT molecular complexity index is 475. The average molecular weight is 280 g/mol. The van der Waals surface area contributed by atoms with E-state index >= 15 is 0 Å². The maximum atomic E-state index is 13.6. The first kappa shape index (κ1) is 13.8. The molecule has 1 spiro atoms. The summed E-state index contributed by atoms with van der Waals surface area (Å²) in [5.41, 5.74) is -0.0988. The van der Waals surface area contributed by atoms with E-state index in [-0.39, 0.29) is 17.6 Å². The van der Waals surface area contributed by atoms with E-state index in [0.717, 1.165) is 25.9 Å². The molecule has 0 radical (unpaired) electrons. The Balaban J connectivity index is 1.61. The van der Waals surface area contributed by atoms with E-state index in [1.165, 1.54) is 6.07 Å². The quantitative estimate of drug-likeness (QED) is 0.850. The Kier molecular flexibility index (Phi) is 3.65. The van der Waals surface area contributed by atoms with Gasteiger partial charge in [-0.25, -0.2) is 9.37 Å². The third kappa shape index (κ3) is 2.65. The lowest BCUT2D eigenvalue weighted by Gasteiger charge is -2.54. The zero-order valence-corrected chi connectivity index (χ0v) is 12.0. The molecular formula is C15H21FN2O2. The van der Waals surface area contributed by atoms with E-state index in [2.05, 4.69) is 23.7 Å². The molecule has 3 rings (SSSR count). The minimum Gasteiger partial charge on any atom is -0.472 e. The third-order valence-electron chi connectivity index (χ3n) is 4.16. The smallest absolute Gasteiger partial charge is 0.250 e. The van der Waals surface area contributed by atoms with Crippen LogP contribution >= 0.6 is 0 Å². The highest BCUT2D eigenvalue weighted by atomic mass is 19.1. The van der Waals surface area contributed by atoms with Crippen LogP contribution in [-0.4, -0.2) is 47.3 Å². The van der Waals surface area contributed by atoms with Gasteiger partial charge >= 0.3 is 0 Å². The molecule has 5 heteroatoms.